The number of fused-ring (bicyclic) bond motifs is 1. The number of rotatable bonds is 4. The van der Waals surface area contributed by atoms with Crippen molar-refractivity contribution in [2.75, 3.05) is 20.1 Å². The van der Waals surface area contributed by atoms with E-state index in [2.05, 4.69) is 4.90 Å². The molecule has 2 N–H and O–H groups in total. The molecule has 2 aliphatic rings. The summed E-state index contributed by atoms with van der Waals surface area (Å²) in [5, 5.41) is 21.0. The Morgan fingerprint density at radius 2 is 1.77 bits per heavy atom. The minimum atomic E-state index is -0.186. The topological polar surface area (TPSA) is 64.0 Å². The minimum Gasteiger partial charge on any atom is -0.504 e. The molecule has 0 saturated carbocycles. The first-order valence-electron chi connectivity index (χ1n) is 10.3. The molecule has 1 aliphatic carbocycles. The molecule has 1 aliphatic heterocycles. The summed E-state index contributed by atoms with van der Waals surface area (Å²) in [5.74, 6) is -0.286. The van der Waals surface area contributed by atoms with Crippen molar-refractivity contribution in [2.24, 2.45) is 0 Å². The molecule has 1 fully saturated rings. The van der Waals surface area contributed by atoms with E-state index in [0.29, 0.717) is 10.0 Å². The average Bonchev–Trinajstić information content (AvgIpc) is 3.25. The number of likely N-dealkylation sites (N-methyl/N-ethyl adjacent to an activating group) is 1. The number of phenolic OH excluding ortho intramolecular Hbond substituents is 2. The van der Waals surface area contributed by atoms with Crippen molar-refractivity contribution in [3.63, 3.8) is 0 Å². The van der Waals surface area contributed by atoms with Gasteiger partial charge in [-0.15, -0.1) is 12.4 Å². The van der Waals surface area contributed by atoms with Crippen LogP contribution in [0.5, 0.6) is 11.5 Å². The van der Waals surface area contributed by atoms with Gasteiger partial charge in [0.25, 0.3) is 0 Å². The van der Waals surface area contributed by atoms with Crippen molar-refractivity contribution >= 4 is 41.5 Å². The van der Waals surface area contributed by atoms with E-state index < -0.39 is 0 Å². The molecule has 0 radical (unpaired) electrons. The Morgan fingerprint density at radius 1 is 1.10 bits per heavy atom. The number of hydrogen-bond acceptors (Lipinski definition) is 4. The first-order chi connectivity index (χ1) is 14.3. The maximum Gasteiger partial charge on any atom is 0.227 e. The lowest BCUT2D eigenvalue weighted by atomic mass is 9.82. The van der Waals surface area contributed by atoms with Crippen LogP contribution in [0.3, 0.4) is 0 Å². The number of nitrogens with zero attached hydrogens (tertiary/aromatic N) is 2. The molecule has 2 unspecified atom stereocenters. The van der Waals surface area contributed by atoms with Crippen LogP contribution in [0.1, 0.15) is 42.0 Å². The standard InChI is InChI=1S/C23H26Cl2N2O3.ClH/c1-26(22(30)11-14-4-6-17(24)18(25)10-14)23-16-13-21(29)20(28)12-15(16)5-7-19(23)27-8-2-3-9-27;/h4,6,10,12-13,19,23,28-29H,2-3,5,7-9,11H2,1H3;1H. The molecule has 1 heterocycles. The average molecular weight is 486 g/mol. The highest BCUT2D eigenvalue weighted by Crippen LogP contribution is 2.42. The fraction of sp³-hybridized carbons (Fsp3) is 0.435. The van der Waals surface area contributed by atoms with Crippen molar-refractivity contribution in [3.8, 4) is 11.5 Å². The number of carbonyl (C=O) groups excluding carboxylic acids is 1. The van der Waals surface area contributed by atoms with Crippen molar-refractivity contribution in [1.29, 1.82) is 0 Å². The van der Waals surface area contributed by atoms with Gasteiger partial charge in [0.05, 0.1) is 22.5 Å². The van der Waals surface area contributed by atoms with E-state index in [0.717, 1.165) is 55.5 Å². The molecular formula is C23H27Cl3N2O3. The quantitative estimate of drug-likeness (QED) is 0.600. The van der Waals surface area contributed by atoms with Gasteiger partial charge in [0.1, 0.15) is 0 Å². The lowest BCUT2D eigenvalue weighted by molar-refractivity contribution is -0.133. The largest absolute Gasteiger partial charge is 0.504 e. The number of hydrogen-bond donors (Lipinski definition) is 2. The molecule has 31 heavy (non-hydrogen) atoms. The summed E-state index contributed by atoms with van der Waals surface area (Å²) >= 11 is 12.1. The zero-order chi connectivity index (χ0) is 21.4. The van der Waals surface area contributed by atoms with E-state index in [1.807, 2.05) is 13.1 Å². The van der Waals surface area contributed by atoms with E-state index in [9.17, 15) is 15.0 Å². The summed E-state index contributed by atoms with van der Waals surface area (Å²) in [4.78, 5) is 17.5. The highest BCUT2D eigenvalue weighted by atomic mass is 35.5. The zero-order valence-corrected chi connectivity index (χ0v) is 19.7. The Balaban J connectivity index is 0.00000272. The summed E-state index contributed by atoms with van der Waals surface area (Å²) in [5.41, 5.74) is 2.71. The van der Waals surface area contributed by atoms with Crippen LogP contribution in [0, 0.1) is 0 Å². The molecule has 0 aromatic heterocycles. The van der Waals surface area contributed by atoms with Crippen molar-refractivity contribution < 1.29 is 15.0 Å². The van der Waals surface area contributed by atoms with Crippen LogP contribution in [0.25, 0.3) is 0 Å². The van der Waals surface area contributed by atoms with Crippen LogP contribution in [-0.2, 0) is 17.6 Å². The second-order valence-corrected chi connectivity index (χ2v) is 9.08. The van der Waals surface area contributed by atoms with E-state index >= 15 is 0 Å². The van der Waals surface area contributed by atoms with Crippen LogP contribution >= 0.6 is 35.6 Å². The lowest BCUT2D eigenvalue weighted by Gasteiger charge is -2.43. The molecule has 2 aromatic rings. The number of halogens is 3. The molecule has 0 spiro atoms. The van der Waals surface area contributed by atoms with Gasteiger partial charge in [0, 0.05) is 13.1 Å². The number of carbonyl (C=O) groups is 1. The maximum atomic E-state index is 13.2. The van der Waals surface area contributed by atoms with E-state index in [4.69, 9.17) is 23.2 Å². The Kier molecular flexibility index (Phi) is 7.63. The maximum absolute atomic E-state index is 13.2. The predicted molar refractivity (Wildman–Crippen MR) is 126 cm³/mol. The van der Waals surface area contributed by atoms with Gasteiger partial charge in [-0.25, -0.2) is 0 Å². The number of likely N-dealkylation sites (tertiary alicyclic amines) is 1. The fourth-order valence-electron chi connectivity index (χ4n) is 4.82. The molecule has 2 atom stereocenters. The summed E-state index contributed by atoms with van der Waals surface area (Å²) in [6.07, 6.45) is 4.27. The number of benzene rings is 2. The van der Waals surface area contributed by atoms with Crippen LogP contribution in [0.2, 0.25) is 10.0 Å². The van der Waals surface area contributed by atoms with Gasteiger partial charge >= 0.3 is 0 Å². The third-order valence-electron chi connectivity index (χ3n) is 6.39. The van der Waals surface area contributed by atoms with E-state index in [1.165, 1.54) is 0 Å². The van der Waals surface area contributed by atoms with Crippen molar-refractivity contribution in [2.45, 2.75) is 44.2 Å². The Morgan fingerprint density at radius 3 is 2.45 bits per heavy atom. The minimum absolute atomic E-state index is 0. The number of aryl methyl sites for hydroxylation is 1. The third kappa shape index (κ3) is 4.90. The van der Waals surface area contributed by atoms with Gasteiger partial charge in [-0.05, 0) is 79.7 Å². The van der Waals surface area contributed by atoms with Gasteiger partial charge in [-0.1, -0.05) is 29.3 Å². The molecule has 4 rings (SSSR count). The summed E-state index contributed by atoms with van der Waals surface area (Å²) in [6.45, 7) is 2.05. The van der Waals surface area contributed by atoms with E-state index in [1.54, 1.807) is 29.2 Å². The Hall–Kier alpha value is -1.66. The molecule has 0 bridgehead atoms. The van der Waals surface area contributed by atoms with Crippen LogP contribution in [0.4, 0.5) is 0 Å². The van der Waals surface area contributed by atoms with Gasteiger partial charge in [-0.2, -0.15) is 0 Å². The molecule has 5 nitrogen and oxygen atoms in total. The summed E-state index contributed by atoms with van der Waals surface area (Å²) in [7, 11) is 1.83. The van der Waals surface area contributed by atoms with E-state index in [-0.39, 0.29) is 48.3 Å². The van der Waals surface area contributed by atoms with Gasteiger partial charge in [0.2, 0.25) is 5.91 Å². The summed E-state index contributed by atoms with van der Waals surface area (Å²) in [6, 6.07) is 8.51. The van der Waals surface area contributed by atoms with Crippen molar-refractivity contribution in [3.05, 3.63) is 57.1 Å². The molecule has 168 valence electrons. The molecule has 8 heteroatoms. The number of amides is 1. The van der Waals surface area contributed by atoms with Gasteiger partial charge in [0.15, 0.2) is 11.5 Å². The van der Waals surface area contributed by atoms with Crippen LogP contribution in [-0.4, -0.2) is 52.1 Å². The SMILES string of the molecule is CN(C(=O)Cc1ccc(Cl)c(Cl)c1)C1c2cc(O)c(O)cc2CCC1N1CCCC1.Cl. The first kappa shape index (κ1) is 24.0. The highest BCUT2D eigenvalue weighted by molar-refractivity contribution is 6.42. The normalized spacial score (nSPS) is 20.7. The third-order valence-corrected chi connectivity index (χ3v) is 7.13. The molecule has 1 saturated heterocycles. The highest BCUT2D eigenvalue weighted by Gasteiger charge is 2.39. The molecular weight excluding hydrogens is 459 g/mol. The smallest absolute Gasteiger partial charge is 0.227 e. The monoisotopic (exact) mass is 484 g/mol. The molecule has 2 aromatic carbocycles. The number of phenols is 2. The summed E-state index contributed by atoms with van der Waals surface area (Å²) < 4.78 is 0. The molecule has 1 amide bonds. The number of aromatic hydroxyl groups is 2. The van der Waals surface area contributed by atoms with Gasteiger partial charge in [-0.3, -0.25) is 9.69 Å². The lowest BCUT2D eigenvalue weighted by Crippen LogP contribution is -2.48. The second-order valence-electron chi connectivity index (χ2n) is 8.26. The van der Waals surface area contributed by atoms with Gasteiger partial charge < -0.3 is 15.1 Å². The first-order valence-corrected chi connectivity index (χ1v) is 11.1. The Labute approximate surface area is 199 Å². The van der Waals surface area contributed by atoms with Crippen LogP contribution < -0.4 is 0 Å². The zero-order valence-electron chi connectivity index (χ0n) is 17.4. The predicted octanol–water partition coefficient (Wildman–Crippen LogP) is 4.98. The van der Waals surface area contributed by atoms with Crippen LogP contribution in [0.15, 0.2) is 30.3 Å². The van der Waals surface area contributed by atoms with Crippen molar-refractivity contribution in [1.82, 2.24) is 9.80 Å². The second kappa shape index (κ2) is 9.86. The Bertz CT molecular complexity index is 963. The fourth-order valence-corrected chi connectivity index (χ4v) is 5.14.